The minimum atomic E-state index is -1.71. The molecule has 0 aliphatic rings. The average Bonchev–Trinajstić information content (AvgIpc) is 3.17. The Labute approximate surface area is 205 Å². The van der Waals surface area contributed by atoms with E-state index in [-0.39, 0.29) is 25.3 Å². The normalized spacial score (nSPS) is 10.8. The van der Waals surface area contributed by atoms with Gasteiger partial charge in [0.2, 0.25) is 5.91 Å². The second-order valence-electron chi connectivity index (χ2n) is 7.86. The molecule has 0 saturated heterocycles. The molecule has 3 aromatic rings. The lowest BCUT2D eigenvalue weighted by Gasteiger charge is -2.19. The Balaban J connectivity index is 1.33. The summed E-state index contributed by atoms with van der Waals surface area (Å²) < 4.78 is 0.992. The van der Waals surface area contributed by atoms with Gasteiger partial charge in [-0.1, -0.05) is 24.3 Å². The number of thiazole rings is 1. The maximum absolute atomic E-state index is 12.1. The molecule has 0 saturated carbocycles. The van der Waals surface area contributed by atoms with E-state index in [4.69, 9.17) is 0 Å². The number of hydrogen-bond acceptors (Lipinski definition) is 8. The van der Waals surface area contributed by atoms with Crippen LogP contribution >= 0.6 is 11.3 Å². The van der Waals surface area contributed by atoms with Crippen molar-refractivity contribution < 1.29 is 29.4 Å². The lowest BCUT2D eigenvalue weighted by molar-refractivity contribution is -0.331. The monoisotopic (exact) mass is 496 g/mol. The number of carbonyl (C=O) groups excluding carboxylic acids is 4. The Bertz CT molecular complexity index is 1210. The van der Waals surface area contributed by atoms with E-state index in [1.54, 1.807) is 41.7 Å². The molecular formula is C24H24N4O6S-2. The lowest BCUT2D eigenvalue weighted by Crippen LogP contribution is -2.44. The quantitative estimate of drug-likeness (QED) is 0.318. The molecule has 184 valence electrons. The van der Waals surface area contributed by atoms with Crippen LogP contribution in [0, 0.1) is 12.8 Å². The number of amides is 3. The van der Waals surface area contributed by atoms with Gasteiger partial charge in [-0.3, -0.25) is 4.79 Å². The molecular weight excluding hydrogens is 472 g/mol. The number of aromatic nitrogens is 1. The first-order valence-electron chi connectivity index (χ1n) is 10.9. The molecule has 0 fully saturated rings. The highest BCUT2D eigenvalue weighted by molar-refractivity contribution is 7.18. The number of aliphatic carboxylic acids is 2. The van der Waals surface area contributed by atoms with Crippen LogP contribution < -0.4 is 26.2 Å². The van der Waals surface area contributed by atoms with Gasteiger partial charge >= 0.3 is 6.03 Å². The van der Waals surface area contributed by atoms with Crippen LogP contribution in [-0.4, -0.2) is 42.0 Å². The van der Waals surface area contributed by atoms with Crippen LogP contribution in [0.15, 0.2) is 42.5 Å². The minimum Gasteiger partial charge on any atom is -0.549 e. The van der Waals surface area contributed by atoms with Gasteiger partial charge in [0, 0.05) is 31.1 Å². The number of benzene rings is 2. The number of hydrogen-bond donors (Lipinski definition) is 3. The fraction of sp³-hybridized carbons (Fsp3) is 0.292. The predicted octanol–water partition coefficient (Wildman–Crippen LogP) is 0.134. The third kappa shape index (κ3) is 7.78. The van der Waals surface area contributed by atoms with Crippen molar-refractivity contribution >= 4 is 51.1 Å². The number of anilines is 1. The van der Waals surface area contributed by atoms with E-state index in [0.717, 1.165) is 20.8 Å². The van der Waals surface area contributed by atoms with E-state index in [1.807, 2.05) is 19.1 Å². The van der Waals surface area contributed by atoms with Gasteiger partial charge in [0.1, 0.15) is 0 Å². The number of carboxylic acids is 2. The third-order valence-electron chi connectivity index (χ3n) is 5.15. The summed E-state index contributed by atoms with van der Waals surface area (Å²) in [6, 6.07) is 11.8. The van der Waals surface area contributed by atoms with Gasteiger partial charge in [-0.25, -0.2) is 9.78 Å². The molecule has 0 aliphatic carbocycles. The van der Waals surface area contributed by atoms with Gasteiger partial charge in [0.25, 0.3) is 0 Å². The van der Waals surface area contributed by atoms with Gasteiger partial charge in [0.15, 0.2) is 0 Å². The molecule has 3 amide bonds. The molecule has 0 bridgehead atoms. The van der Waals surface area contributed by atoms with Crippen LogP contribution in [-0.2, 0) is 27.2 Å². The van der Waals surface area contributed by atoms with Crippen molar-refractivity contribution in [1.82, 2.24) is 15.6 Å². The topological polar surface area (TPSA) is 163 Å². The second kappa shape index (κ2) is 11.9. The first-order chi connectivity index (χ1) is 16.7. The molecule has 0 radical (unpaired) electrons. The smallest absolute Gasteiger partial charge is 0.314 e. The fourth-order valence-electron chi connectivity index (χ4n) is 3.35. The molecule has 1 heterocycles. The van der Waals surface area contributed by atoms with Crippen molar-refractivity contribution in [2.24, 2.45) is 5.92 Å². The van der Waals surface area contributed by atoms with Gasteiger partial charge in [-0.15, -0.1) is 11.3 Å². The van der Waals surface area contributed by atoms with E-state index in [0.29, 0.717) is 24.2 Å². The summed E-state index contributed by atoms with van der Waals surface area (Å²) in [4.78, 5) is 50.2. The van der Waals surface area contributed by atoms with Crippen molar-refractivity contribution in [3.05, 3.63) is 58.6 Å². The zero-order chi connectivity index (χ0) is 25.4. The van der Waals surface area contributed by atoms with E-state index < -0.39 is 23.9 Å². The Hall–Kier alpha value is -3.99. The van der Waals surface area contributed by atoms with Crippen molar-refractivity contribution in [3.63, 3.8) is 0 Å². The lowest BCUT2D eigenvalue weighted by atomic mass is 9.98. The van der Waals surface area contributed by atoms with E-state index in [9.17, 15) is 29.4 Å². The highest BCUT2D eigenvalue weighted by atomic mass is 32.1. The van der Waals surface area contributed by atoms with Crippen molar-refractivity contribution in [3.8, 4) is 0 Å². The van der Waals surface area contributed by atoms with Crippen LogP contribution in [0.5, 0.6) is 0 Å². The average molecular weight is 497 g/mol. The number of urea groups is 1. The number of nitrogens with one attached hydrogen (secondary N) is 3. The Morgan fingerprint density at radius 2 is 1.60 bits per heavy atom. The maximum Gasteiger partial charge on any atom is 0.314 e. The summed E-state index contributed by atoms with van der Waals surface area (Å²) in [6.45, 7) is 2.44. The van der Waals surface area contributed by atoms with E-state index >= 15 is 0 Å². The first-order valence-corrected chi connectivity index (χ1v) is 11.7. The molecule has 0 unspecified atom stereocenters. The van der Waals surface area contributed by atoms with Crippen molar-refractivity contribution in [2.45, 2.75) is 26.2 Å². The van der Waals surface area contributed by atoms with E-state index in [2.05, 4.69) is 20.9 Å². The molecule has 0 aliphatic heterocycles. The van der Waals surface area contributed by atoms with Crippen molar-refractivity contribution in [1.29, 1.82) is 0 Å². The zero-order valence-electron chi connectivity index (χ0n) is 19.0. The number of carboxylic acid groups (broad SMARTS) is 2. The largest absolute Gasteiger partial charge is 0.549 e. The molecule has 11 heteroatoms. The Morgan fingerprint density at radius 3 is 2.29 bits per heavy atom. The van der Waals surface area contributed by atoms with Crippen LogP contribution in [0.4, 0.5) is 10.5 Å². The molecule has 3 N–H and O–H groups in total. The van der Waals surface area contributed by atoms with E-state index in [1.165, 1.54) is 0 Å². The standard InChI is InChI=1S/C24H26N4O6S/c1-14-27-19-7-6-17(13-20(19)35-14)28-21(29)9-11-26-24(34)25-10-8-15-2-4-16(5-3-15)12-18(22(30)31)23(32)33/h2-7,13,18H,8-12H2,1H3,(H,28,29)(H,30,31)(H,32,33)(H2,25,26,34)/p-2. The van der Waals surface area contributed by atoms with Gasteiger partial charge < -0.3 is 35.8 Å². The molecule has 2 aromatic carbocycles. The molecule has 3 rings (SSSR count). The Morgan fingerprint density at radius 1 is 0.943 bits per heavy atom. The minimum absolute atomic E-state index is 0.118. The van der Waals surface area contributed by atoms with Gasteiger partial charge in [-0.05, 0) is 49.1 Å². The Kier molecular flexibility index (Phi) is 8.74. The first kappa shape index (κ1) is 25.6. The predicted molar refractivity (Wildman–Crippen MR) is 126 cm³/mol. The summed E-state index contributed by atoms with van der Waals surface area (Å²) in [5.74, 6) is -5.30. The van der Waals surface area contributed by atoms with Crippen LogP contribution in [0.1, 0.15) is 22.6 Å². The van der Waals surface area contributed by atoms with Crippen molar-refractivity contribution in [2.75, 3.05) is 18.4 Å². The molecule has 0 atom stereocenters. The number of carbonyl (C=O) groups is 4. The summed E-state index contributed by atoms with van der Waals surface area (Å²) in [6.07, 6.45) is 0.407. The van der Waals surface area contributed by atoms with Crippen LogP contribution in [0.25, 0.3) is 10.2 Å². The number of nitrogens with zero attached hydrogens (tertiary/aromatic N) is 1. The summed E-state index contributed by atoms with van der Waals surface area (Å²) in [7, 11) is 0. The molecule has 1 aromatic heterocycles. The SMILES string of the molecule is Cc1nc2ccc(NC(=O)CCNC(=O)NCCc3ccc(CC(C(=O)[O-])C(=O)[O-])cc3)cc2s1. The number of fused-ring (bicyclic) bond motifs is 1. The number of aryl methyl sites for hydroxylation is 1. The maximum atomic E-state index is 12.1. The fourth-order valence-corrected chi connectivity index (χ4v) is 4.22. The molecule has 0 spiro atoms. The highest BCUT2D eigenvalue weighted by Gasteiger charge is 2.12. The third-order valence-corrected chi connectivity index (χ3v) is 6.08. The summed E-state index contributed by atoms with van der Waals surface area (Å²) >= 11 is 1.55. The number of rotatable bonds is 11. The van der Waals surface area contributed by atoms with Crippen LogP contribution in [0.2, 0.25) is 0 Å². The van der Waals surface area contributed by atoms with Crippen LogP contribution in [0.3, 0.4) is 0 Å². The highest BCUT2D eigenvalue weighted by Crippen LogP contribution is 2.24. The molecule has 35 heavy (non-hydrogen) atoms. The second-order valence-corrected chi connectivity index (χ2v) is 9.09. The van der Waals surface area contributed by atoms with Gasteiger partial charge in [-0.2, -0.15) is 0 Å². The molecule has 10 nitrogen and oxygen atoms in total. The summed E-state index contributed by atoms with van der Waals surface area (Å²) in [5, 5.41) is 30.8. The van der Waals surface area contributed by atoms with Gasteiger partial charge in [0.05, 0.1) is 27.2 Å². The summed E-state index contributed by atoms with van der Waals surface area (Å²) in [5.41, 5.74) is 2.97. The zero-order valence-corrected chi connectivity index (χ0v) is 19.8.